The fraction of sp³-hybridized carbons (Fsp3) is 0.400. The number of hydrogen-bond donors (Lipinski definition) is 1. The highest BCUT2D eigenvalue weighted by Gasteiger charge is 2.28. The summed E-state index contributed by atoms with van der Waals surface area (Å²) in [6, 6.07) is 6.39. The zero-order valence-electron chi connectivity index (χ0n) is 15.7. The number of halogens is 2. The smallest absolute Gasteiger partial charge is 0.227 e. The number of benzene rings is 1. The number of aromatic nitrogens is 1. The van der Waals surface area contributed by atoms with Crippen LogP contribution in [0.2, 0.25) is 10.0 Å². The van der Waals surface area contributed by atoms with E-state index in [1.165, 1.54) is 7.11 Å². The molecule has 146 valence electrons. The summed E-state index contributed by atoms with van der Waals surface area (Å²) < 4.78 is 5.31. The molecule has 27 heavy (non-hydrogen) atoms. The Morgan fingerprint density at radius 1 is 1.30 bits per heavy atom. The number of aliphatic hydroxyl groups is 1. The second kappa shape index (κ2) is 9.93. The van der Waals surface area contributed by atoms with Crippen LogP contribution in [0.4, 0.5) is 0 Å². The molecule has 0 bridgehead atoms. The molecule has 1 aromatic heterocycles. The molecule has 0 saturated heterocycles. The van der Waals surface area contributed by atoms with Crippen LogP contribution in [-0.4, -0.2) is 40.6 Å². The van der Waals surface area contributed by atoms with Gasteiger partial charge in [0.2, 0.25) is 5.91 Å². The standard InChI is InChI=1S/C20H24Cl2N2O3/c1-4-9-24(19(25)11-14-5-6-16(21)17(22)10-14)13(2)20(26)15-12-23-8-7-18(15)27-3/h5-8,10,12-13,20,26H,4,9,11H2,1-3H3/t13-,20?/m0/s1. The van der Waals surface area contributed by atoms with Gasteiger partial charge in [-0.15, -0.1) is 0 Å². The second-order valence-electron chi connectivity index (χ2n) is 6.32. The van der Waals surface area contributed by atoms with Gasteiger partial charge in [0.05, 0.1) is 29.6 Å². The van der Waals surface area contributed by atoms with Gasteiger partial charge in [-0.25, -0.2) is 0 Å². The van der Waals surface area contributed by atoms with E-state index >= 15 is 0 Å². The highest BCUT2D eigenvalue weighted by Crippen LogP contribution is 2.29. The maximum Gasteiger partial charge on any atom is 0.227 e. The monoisotopic (exact) mass is 410 g/mol. The lowest BCUT2D eigenvalue weighted by atomic mass is 10.0. The SMILES string of the molecule is CCCN(C(=O)Cc1ccc(Cl)c(Cl)c1)[C@@H](C)C(O)c1cnccc1OC. The van der Waals surface area contributed by atoms with Crippen molar-refractivity contribution < 1.29 is 14.6 Å². The number of rotatable bonds is 8. The van der Waals surface area contributed by atoms with Gasteiger partial charge >= 0.3 is 0 Å². The molecule has 0 radical (unpaired) electrons. The van der Waals surface area contributed by atoms with Crippen molar-refractivity contribution in [1.29, 1.82) is 0 Å². The Labute approximate surface area is 169 Å². The summed E-state index contributed by atoms with van der Waals surface area (Å²) in [5.74, 6) is 0.447. The predicted octanol–water partition coefficient (Wildman–Crippen LogP) is 4.30. The third kappa shape index (κ3) is 5.34. The average molecular weight is 411 g/mol. The Balaban J connectivity index is 2.21. The van der Waals surface area contributed by atoms with Crippen LogP contribution in [0.15, 0.2) is 36.7 Å². The fourth-order valence-corrected chi connectivity index (χ4v) is 3.28. The van der Waals surface area contributed by atoms with Gasteiger partial charge in [-0.2, -0.15) is 0 Å². The summed E-state index contributed by atoms with van der Waals surface area (Å²) in [5.41, 5.74) is 1.33. The van der Waals surface area contributed by atoms with Crippen LogP contribution in [0, 0.1) is 0 Å². The number of hydrogen-bond acceptors (Lipinski definition) is 4. The summed E-state index contributed by atoms with van der Waals surface area (Å²) >= 11 is 12.0. The lowest BCUT2D eigenvalue weighted by Crippen LogP contribution is -2.43. The third-order valence-electron chi connectivity index (χ3n) is 4.42. The van der Waals surface area contributed by atoms with E-state index in [0.717, 1.165) is 12.0 Å². The van der Waals surface area contributed by atoms with Gasteiger partial charge in [-0.3, -0.25) is 9.78 Å². The van der Waals surface area contributed by atoms with Crippen molar-refractivity contribution in [2.24, 2.45) is 0 Å². The first-order valence-corrected chi connectivity index (χ1v) is 9.54. The van der Waals surface area contributed by atoms with Gasteiger partial charge < -0.3 is 14.7 Å². The molecular weight excluding hydrogens is 387 g/mol. The summed E-state index contributed by atoms with van der Waals surface area (Å²) in [4.78, 5) is 18.7. The van der Waals surface area contributed by atoms with Crippen LogP contribution >= 0.6 is 23.2 Å². The number of nitrogens with zero attached hydrogens (tertiary/aromatic N) is 2. The third-order valence-corrected chi connectivity index (χ3v) is 5.16. The Bertz CT molecular complexity index is 786. The Kier molecular flexibility index (Phi) is 7.90. The van der Waals surface area contributed by atoms with Gasteiger partial charge in [0.1, 0.15) is 11.9 Å². The summed E-state index contributed by atoms with van der Waals surface area (Å²) in [7, 11) is 1.54. The molecule has 1 unspecified atom stereocenters. The molecule has 0 aliphatic rings. The van der Waals surface area contributed by atoms with Crippen LogP contribution in [0.25, 0.3) is 0 Å². The minimum Gasteiger partial charge on any atom is -0.496 e. The van der Waals surface area contributed by atoms with E-state index < -0.39 is 12.1 Å². The molecule has 1 amide bonds. The topological polar surface area (TPSA) is 62.7 Å². The van der Waals surface area contributed by atoms with Crippen molar-refractivity contribution in [3.63, 3.8) is 0 Å². The molecule has 0 aliphatic heterocycles. The van der Waals surface area contributed by atoms with Crippen molar-refractivity contribution in [2.45, 2.75) is 38.8 Å². The van der Waals surface area contributed by atoms with Gasteiger partial charge in [0.15, 0.2) is 0 Å². The molecule has 1 N–H and O–H groups in total. The Morgan fingerprint density at radius 2 is 2.04 bits per heavy atom. The van der Waals surface area contributed by atoms with Crippen LogP contribution in [0.1, 0.15) is 37.5 Å². The zero-order chi connectivity index (χ0) is 20.0. The average Bonchev–Trinajstić information content (AvgIpc) is 2.67. The molecule has 2 rings (SSSR count). The van der Waals surface area contributed by atoms with Crippen molar-refractivity contribution in [2.75, 3.05) is 13.7 Å². The molecular formula is C20H24Cl2N2O3. The largest absolute Gasteiger partial charge is 0.496 e. The van der Waals surface area contributed by atoms with Crippen molar-refractivity contribution in [3.8, 4) is 5.75 Å². The van der Waals surface area contributed by atoms with E-state index in [-0.39, 0.29) is 12.3 Å². The summed E-state index contributed by atoms with van der Waals surface area (Å²) in [6.45, 7) is 4.34. The van der Waals surface area contributed by atoms with Crippen LogP contribution in [0.5, 0.6) is 5.75 Å². The molecule has 2 aromatic rings. The van der Waals surface area contributed by atoms with E-state index in [1.54, 1.807) is 41.6 Å². The van der Waals surface area contributed by atoms with Gasteiger partial charge in [-0.05, 0) is 37.1 Å². The molecule has 0 spiro atoms. The summed E-state index contributed by atoms with van der Waals surface area (Å²) in [5, 5.41) is 11.7. The number of pyridine rings is 1. The van der Waals surface area contributed by atoms with Crippen molar-refractivity contribution in [1.82, 2.24) is 9.88 Å². The summed E-state index contributed by atoms with van der Waals surface area (Å²) in [6.07, 6.45) is 3.19. The molecule has 1 heterocycles. The minimum atomic E-state index is -0.919. The van der Waals surface area contributed by atoms with Gasteiger partial charge in [-0.1, -0.05) is 36.2 Å². The fourth-order valence-electron chi connectivity index (χ4n) is 2.95. The maximum atomic E-state index is 12.9. The molecule has 5 nitrogen and oxygen atoms in total. The zero-order valence-corrected chi connectivity index (χ0v) is 17.2. The molecule has 7 heteroatoms. The van der Waals surface area contributed by atoms with E-state index in [0.29, 0.717) is 27.9 Å². The van der Waals surface area contributed by atoms with Gasteiger partial charge in [0, 0.05) is 24.5 Å². The molecule has 2 atom stereocenters. The van der Waals surface area contributed by atoms with Gasteiger partial charge in [0.25, 0.3) is 0 Å². The number of amides is 1. The van der Waals surface area contributed by atoms with E-state index in [1.807, 2.05) is 13.8 Å². The first-order valence-electron chi connectivity index (χ1n) is 8.78. The first-order chi connectivity index (χ1) is 12.9. The lowest BCUT2D eigenvalue weighted by Gasteiger charge is -2.33. The van der Waals surface area contributed by atoms with Crippen molar-refractivity contribution in [3.05, 3.63) is 57.8 Å². The minimum absolute atomic E-state index is 0.0929. The normalized spacial score (nSPS) is 13.1. The molecule has 1 aromatic carbocycles. The van der Waals surface area contributed by atoms with E-state index in [2.05, 4.69) is 4.98 Å². The Morgan fingerprint density at radius 3 is 2.67 bits per heavy atom. The van der Waals surface area contributed by atoms with Crippen molar-refractivity contribution >= 4 is 29.1 Å². The number of carbonyl (C=O) groups is 1. The number of carbonyl (C=O) groups excluding carboxylic acids is 1. The van der Waals surface area contributed by atoms with Crippen LogP contribution < -0.4 is 4.74 Å². The van der Waals surface area contributed by atoms with Crippen LogP contribution in [-0.2, 0) is 11.2 Å². The predicted molar refractivity (Wildman–Crippen MR) is 107 cm³/mol. The molecule has 0 aliphatic carbocycles. The van der Waals surface area contributed by atoms with E-state index in [4.69, 9.17) is 27.9 Å². The van der Waals surface area contributed by atoms with Crippen LogP contribution in [0.3, 0.4) is 0 Å². The Hall–Kier alpha value is -1.82. The number of aliphatic hydroxyl groups excluding tert-OH is 1. The number of methoxy groups -OCH3 is 1. The van der Waals surface area contributed by atoms with E-state index in [9.17, 15) is 9.90 Å². The number of ether oxygens (including phenoxy) is 1. The lowest BCUT2D eigenvalue weighted by molar-refractivity contribution is -0.135. The molecule has 0 saturated carbocycles. The quantitative estimate of drug-likeness (QED) is 0.704. The first kappa shape index (κ1) is 21.5. The second-order valence-corrected chi connectivity index (χ2v) is 7.13. The molecule has 0 fully saturated rings. The highest BCUT2D eigenvalue weighted by atomic mass is 35.5. The highest BCUT2D eigenvalue weighted by molar-refractivity contribution is 6.42. The maximum absolute atomic E-state index is 12.9.